The van der Waals surface area contributed by atoms with E-state index in [2.05, 4.69) is 19.9 Å². The molecule has 0 spiro atoms. The average molecular weight is 233 g/mol. The maximum Gasteiger partial charge on any atom is 0.135 e. The van der Waals surface area contributed by atoms with Crippen LogP contribution < -0.4 is 0 Å². The minimum atomic E-state index is 0.747. The van der Waals surface area contributed by atoms with E-state index in [0.29, 0.717) is 0 Å². The van der Waals surface area contributed by atoms with Crippen LogP contribution in [0.1, 0.15) is 11.6 Å². The summed E-state index contributed by atoms with van der Waals surface area (Å²) in [5.41, 5.74) is 0. The molecular weight excluding hydrogens is 218 g/mol. The van der Waals surface area contributed by atoms with Crippen molar-refractivity contribution in [3.63, 3.8) is 0 Å². The van der Waals surface area contributed by atoms with E-state index in [4.69, 9.17) is 4.74 Å². The van der Waals surface area contributed by atoms with Crippen LogP contribution in [0, 0.1) is 0 Å². The maximum absolute atomic E-state index is 5.43. The number of rotatable bonds is 3. The predicted octanol–water partition coefficient (Wildman–Crippen LogP) is 0.290. The lowest BCUT2D eigenvalue weighted by atomic mass is 10.3. The summed E-state index contributed by atoms with van der Waals surface area (Å²) in [5.74, 6) is 2.07. The summed E-state index contributed by atoms with van der Waals surface area (Å²) in [6, 6.07) is 1.93. The molecule has 2 aromatic rings. The van der Waals surface area contributed by atoms with Crippen LogP contribution in [0.3, 0.4) is 0 Å². The molecule has 17 heavy (non-hydrogen) atoms. The van der Waals surface area contributed by atoms with E-state index < -0.39 is 0 Å². The summed E-state index contributed by atoms with van der Waals surface area (Å²) in [4.78, 5) is 0. The van der Waals surface area contributed by atoms with Crippen molar-refractivity contribution >= 4 is 0 Å². The first kappa shape index (κ1) is 10.5. The molecule has 6 nitrogen and oxygen atoms in total. The number of fused-ring (bicyclic) bond motifs is 1. The van der Waals surface area contributed by atoms with Gasteiger partial charge in [0.25, 0.3) is 0 Å². The normalized spacial score (nSPS) is 15.5. The molecule has 1 aliphatic rings. The molecule has 0 amide bonds. The number of ether oxygens (including phenoxy) is 1. The molecule has 0 N–H and O–H groups in total. The Bertz CT molecular complexity index is 476. The summed E-state index contributed by atoms with van der Waals surface area (Å²) >= 11 is 0. The van der Waals surface area contributed by atoms with E-state index >= 15 is 0 Å². The van der Waals surface area contributed by atoms with Crippen LogP contribution in [0.15, 0.2) is 18.5 Å². The number of nitrogens with zero attached hydrogens (tertiary/aromatic N) is 5. The average Bonchev–Trinajstić information content (AvgIpc) is 2.92. The molecule has 0 saturated carbocycles. The van der Waals surface area contributed by atoms with E-state index in [9.17, 15) is 0 Å². The first-order valence-electron chi connectivity index (χ1n) is 5.89. The maximum atomic E-state index is 5.43. The predicted molar refractivity (Wildman–Crippen MR) is 60.5 cm³/mol. The van der Waals surface area contributed by atoms with E-state index in [-0.39, 0.29) is 0 Å². The van der Waals surface area contributed by atoms with Gasteiger partial charge >= 0.3 is 0 Å². The lowest BCUT2D eigenvalue weighted by Crippen LogP contribution is -2.11. The molecule has 1 aliphatic heterocycles. The summed E-state index contributed by atoms with van der Waals surface area (Å²) in [6.07, 6.45) is 5.46. The van der Waals surface area contributed by atoms with Gasteiger partial charge < -0.3 is 9.30 Å². The van der Waals surface area contributed by atoms with Crippen molar-refractivity contribution in [2.24, 2.45) is 0 Å². The monoisotopic (exact) mass is 233 g/mol. The van der Waals surface area contributed by atoms with Crippen LogP contribution in [0.4, 0.5) is 0 Å². The van der Waals surface area contributed by atoms with Crippen LogP contribution in [-0.4, -0.2) is 37.8 Å². The van der Waals surface area contributed by atoms with Crippen molar-refractivity contribution < 1.29 is 4.74 Å². The summed E-state index contributed by atoms with van der Waals surface area (Å²) in [6.45, 7) is 3.19. The van der Waals surface area contributed by atoms with Crippen LogP contribution in [0.2, 0.25) is 0 Å². The standard InChI is InChI=1S/C11H15N5O/c1-4-12-15(5-1)6-2-10-13-14-11-3-8-17-9-7-16(10)11/h1,4-5H,2-3,6-9H2. The van der Waals surface area contributed by atoms with Crippen molar-refractivity contribution in [3.05, 3.63) is 30.1 Å². The second kappa shape index (κ2) is 4.67. The fourth-order valence-electron chi connectivity index (χ4n) is 2.07. The first-order valence-corrected chi connectivity index (χ1v) is 5.89. The van der Waals surface area contributed by atoms with Crippen LogP contribution in [0.25, 0.3) is 0 Å². The number of aryl methyl sites for hydroxylation is 2. The smallest absolute Gasteiger partial charge is 0.135 e. The molecule has 90 valence electrons. The molecule has 2 aromatic heterocycles. The highest BCUT2D eigenvalue weighted by Crippen LogP contribution is 2.08. The zero-order chi connectivity index (χ0) is 11.5. The second-order valence-corrected chi connectivity index (χ2v) is 4.07. The molecule has 0 aromatic carbocycles. The van der Waals surface area contributed by atoms with Gasteiger partial charge in [0.15, 0.2) is 0 Å². The highest BCUT2D eigenvalue weighted by atomic mass is 16.5. The quantitative estimate of drug-likeness (QED) is 0.764. The van der Waals surface area contributed by atoms with Crippen molar-refractivity contribution in [2.45, 2.75) is 25.9 Å². The molecule has 0 aliphatic carbocycles. The summed E-state index contributed by atoms with van der Waals surface area (Å²) in [5, 5.41) is 12.7. The van der Waals surface area contributed by atoms with Crippen molar-refractivity contribution in [3.8, 4) is 0 Å². The Morgan fingerprint density at radius 3 is 3.18 bits per heavy atom. The SMILES string of the molecule is c1cnn(CCc2nnc3n2CCOCC3)c1. The van der Waals surface area contributed by atoms with E-state index in [1.165, 1.54) is 0 Å². The first-order chi connectivity index (χ1) is 8.43. The minimum Gasteiger partial charge on any atom is -0.379 e. The Balaban J connectivity index is 1.73. The molecule has 3 rings (SSSR count). The molecule has 0 saturated heterocycles. The third-order valence-corrected chi connectivity index (χ3v) is 2.96. The topological polar surface area (TPSA) is 57.8 Å². The van der Waals surface area contributed by atoms with E-state index in [1.807, 2.05) is 16.9 Å². The van der Waals surface area contributed by atoms with Gasteiger partial charge in [-0.05, 0) is 6.07 Å². The van der Waals surface area contributed by atoms with Gasteiger partial charge in [-0.15, -0.1) is 10.2 Å². The molecule has 6 heteroatoms. The third kappa shape index (κ3) is 2.21. The van der Waals surface area contributed by atoms with Crippen molar-refractivity contribution in [1.82, 2.24) is 24.5 Å². The van der Waals surface area contributed by atoms with Gasteiger partial charge in [0, 0.05) is 38.3 Å². The summed E-state index contributed by atoms with van der Waals surface area (Å²) < 4.78 is 9.52. The Morgan fingerprint density at radius 2 is 2.29 bits per heavy atom. The Hall–Kier alpha value is -1.69. The Morgan fingerprint density at radius 1 is 1.29 bits per heavy atom. The molecule has 0 bridgehead atoms. The minimum absolute atomic E-state index is 0.747. The van der Waals surface area contributed by atoms with Gasteiger partial charge in [0.05, 0.1) is 13.2 Å². The highest BCUT2D eigenvalue weighted by molar-refractivity contribution is 4.98. The second-order valence-electron chi connectivity index (χ2n) is 4.07. The Labute approximate surface area is 99.2 Å². The van der Waals surface area contributed by atoms with Crippen LogP contribution in [0.5, 0.6) is 0 Å². The van der Waals surface area contributed by atoms with Gasteiger partial charge in [-0.3, -0.25) is 4.68 Å². The molecular formula is C11H15N5O. The molecule has 0 radical (unpaired) electrons. The molecule has 0 fully saturated rings. The lowest BCUT2D eigenvalue weighted by Gasteiger charge is -2.06. The molecule has 0 atom stereocenters. The number of hydrogen-bond donors (Lipinski definition) is 0. The fraction of sp³-hybridized carbons (Fsp3) is 0.545. The van der Waals surface area contributed by atoms with Crippen LogP contribution in [-0.2, 0) is 30.7 Å². The lowest BCUT2D eigenvalue weighted by molar-refractivity contribution is 0.139. The number of aromatic nitrogens is 5. The zero-order valence-corrected chi connectivity index (χ0v) is 9.62. The Kier molecular flexibility index (Phi) is 2.87. The summed E-state index contributed by atoms with van der Waals surface area (Å²) in [7, 11) is 0. The van der Waals surface area contributed by atoms with Crippen molar-refractivity contribution in [2.75, 3.05) is 13.2 Å². The van der Waals surface area contributed by atoms with Gasteiger partial charge in [-0.25, -0.2) is 0 Å². The van der Waals surface area contributed by atoms with Gasteiger partial charge in [-0.1, -0.05) is 0 Å². The molecule has 3 heterocycles. The zero-order valence-electron chi connectivity index (χ0n) is 9.62. The van der Waals surface area contributed by atoms with Gasteiger partial charge in [-0.2, -0.15) is 5.10 Å². The highest BCUT2D eigenvalue weighted by Gasteiger charge is 2.14. The van der Waals surface area contributed by atoms with Gasteiger partial charge in [0.2, 0.25) is 0 Å². The fourth-order valence-corrected chi connectivity index (χ4v) is 2.07. The third-order valence-electron chi connectivity index (χ3n) is 2.96. The number of hydrogen-bond acceptors (Lipinski definition) is 4. The largest absolute Gasteiger partial charge is 0.379 e. The van der Waals surface area contributed by atoms with Crippen LogP contribution >= 0.6 is 0 Å². The van der Waals surface area contributed by atoms with Crippen molar-refractivity contribution in [1.29, 1.82) is 0 Å². The van der Waals surface area contributed by atoms with E-state index in [1.54, 1.807) is 6.20 Å². The van der Waals surface area contributed by atoms with E-state index in [0.717, 1.165) is 50.8 Å². The molecule has 0 unspecified atom stereocenters. The van der Waals surface area contributed by atoms with Gasteiger partial charge in [0.1, 0.15) is 11.6 Å².